The van der Waals surface area contributed by atoms with Crippen molar-refractivity contribution in [3.8, 4) is 0 Å². The second-order valence-corrected chi connectivity index (χ2v) is 17.4. The quantitative estimate of drug-likeness (QED) is 0.0262. The van der Waals surface area contributed by atoms with Gasteiger partial charge in [-0.1, -0.05) is 222 Å². The highest BCUT2D eigenvalue weighted by Gasteiger charge is 2.19. The minimum absolute atomic E-state index is 0.0957. The topological polar surface area (TPSA) is 78.9 Å². The molecule has 0 fully saturated rings. The largest absolute Gasteiger partial charge is 0.462 e. The average molecular weight is 879 g/mol. The van der Waals surface area contributed by atoms with Crippen LogP contribution in [0.5, 0.6) is 0 Å². The molecule has 0 heterocycles. The third-order valence-corrected chi connectivity index (χ3v) is 11.2. The number of ether oxygens (including phenoxy) is 3. The highest BCUT2D eigenvalue weighted by atomic mass is 16.6. The van der Waals surface area contributed by atoms with E-state index >= 15 is 0 Å². The van der Waals surface area contributed by atoms with Gasteiger partial charge in [-0.3, -0.25) is 14.4 Å². The lowest BCUT2D eigenvalue weighted by molar-refractivity contribution is -0.167. The molecular weight excluding hydrogens is 781 g/mol. The normalized spacial score (nSPS) is 12.6. The Kier molecular flexibility index (Phi) is 48.9. The number of carbonyl (C=O) groups is 3. The Bertz CT molecular complexity index is 1190. The van der Waals surface area contributed by atoms with Crippen LogP contribution in [0.1, 0.15) is 252 Å². The van der Waals surface area contributed by atoms with Gasteiger partial charge >= 0.3 is 17.9 Å². The summed E-state index contributed by atoms with van der Waals surface area (Å²) in [4.78, 5) is 38.0. The van der Waals surface area contributed by atoms with Gasteiger partial charge in [-0.2, -0.15) is 0 Å². The van der Waals surface area contributed by atoms with Crippen LogP contribution in [-0.4, -0.2) is 37.2 Å². The summed E-state index contributed by atoms with van der Waals surface area (Å²) in [5.41, 5.74) is 0. The molecule has 0 rings (SSSR count). The standard InChI is InChI=1S/C57H98O6/c1-4-7-10-13-16-19-22-25-27-28-30-33-35-38-41-44-47-50-56(59)62-53-54(63-57(60)51-48-45-42-39-36-31-24-21-18-15-12-9-6-3)52-61-55(58)49-46-43-40-37-34-32-29-26-23-20-17-14-11-8-5-2/h7,10,16,19,25-27,29-30,33,38,41,54H,4-6,8-9,11-15,17-18,20-24,28,31-32,34-37,39-40,42-53H2,1-3H3/t54-/m1/s1. The smallest absolute Gasteiger partial charge is 0.306 e. The first kappa shape index (κ1) is 59.9. The first-order chi connectivity index (χ1) is 31.0. The summed E-state index contributed by atoms with van der Waals surface area (Å²) in [6.45, 7) is 6.47. The van der Waals surface area contributed by atoms with E-state index in [2.05, 4.69) is 93.7 Å². The first-order valence-corrected chi connectivity index (χ1v) is 26.4. The lowest BCUT2D eigenvalue weighted by atomic mass is 10.0. The molecule has 63 heavy (non-hydrogen) atoms. The molecule has 0 N–H and O–H groups in total. The van der Waals surface area contributed by atoms with Crippen molar-refractivity contribution in [1.82, 2.24) is 0 Å². The maximum Gasteiger partial charge on any atom is 0.306 e. The van der Waals surface area contributed by atoms with Crippen LogP contribution in [-0.2, 0) is 28.6 Å². The Balaban J connectivity index is 4.47. The second kappa shape index (κ2) is 51.5. The van der Waals surface area contributed by atoms with E-state index in [0.717, 1.165) is 83.5 Å². The first-order valence-electron chi connectivity index (χ1n) is 26.4. The molecule has 0 aliphatic heterocycles. The summed E-state index contributed by atoms with van der Waals surface area (Å²) in [7, 11) is 0. The van der Waals surface area contributed by atoms with Crippen LogP contribution < -0.4 is 0 Å². The summed E-state index contributed by atoms with van der Waals surface area (Å²) >= 11 is 0. The van der Waals surface area contributed by atoms with Crippen LogP contribution >= 0.6 is 0 Å². The van der Waals surface area contributed by atoms with E-state index in [4.69, 9.17) is 14.2 Å². The number of allylic oxidation sites excluding steroid dienone is 12. The Labute approximate surface area is 389 Å². The Hall–Kier alpha value is -3.15. The van der Waals surface area contributed by atoms with E-state index in [0.29, 0.717) is 19.3 Å². The van der Waals surface area contributed by atoms with Gasteiger partial charge in [-0.15, -0.1) is 0 Å². The molecule has 0 spiro atoms. The minimum atomic E-state index is -0.799. The molecule has 0 aromatic heterocycles. The summed E-state index contributed by atoms with van der Waals surface area (Å²) in [6, 6.07) is 0. The number of unbranched alkanes of at least 4 members (excludes halogenated alkanes) is 24. The van der Waals surface area contributed by atoms with E-state index in [1.807, 2.05) is 0 Å². The number of esters is 3. The molecule has 6 heteroatoms. The zero-order valence-electron chi connectivity index (χ0n) is 41.3. The highest BCUT2D eigenvalue weighted by molar-refractivity contribution is 5.71. The Morgan fingerprint density at radius 3 is 1.05 bits per heavy atom. The molecule has 0 radical (unpaired) electrons. The molecule has 0 amide bonds. The van der Waals surface area contributed by atoms with Crippen LogP contribution in [0.15, 0.2) is 72.9 Å². The molecule has 0 aromatic carbocycles. The second-order valence-electron chi connectivity index (χ2n) is 17.4. The SMILES string of the molecule is CCC=CCC=CCC=CCC=CCC=CCCCC(=O)OC[C@@H](COC(=O)CCCCCCCC=CCCCCCCCC)OC(=O)CCCCCCCCCCCCCCC. The van der Waals surface area contributed by atoms with E-state index in [9.17, 15) is 14.4 Å². The number of carbonyl (C=O) groups excluding carboxylic acids is 3. The molecule has 0 aliphatic rings. The van der Waals surface area contributed by atoms with Crippen molar-refractivity contribution in [2.24, 2.45) is 0 Å². The molecule has 0 saturated heterocycles. The molecule has 0 bridgehead atoms. The zero-order chi connectivity index (χ0) is 45.8. The van der Waals surface area contributed by atoms with Gasteiger partial charge in [-0.25, -0.2) is 0 Å². The van der Waals surface area contributed by atoms with Gasteiger partial charge in [0.15, 0.2) is 6.10 Å². The van der Waals surface area contributed by atoms with Crippen molar-refractivity contribution in [3.63, 3.8) is 0 Å². The van der Waals surface area contributed by atoms with Crippen molar-refractivity contribution in [2.45, 2.75) is 258 Å². The van der Waals surface area contributed by atoms with Gasteiger partial charge in [0.05, 0.1) is 0 Å². The van der Waals surface area contributed by atoms with Crippen molar-refractivity contribution < 1.29 is 28.6 Å². The van der Waals surface area contributed by atoms with Gasteiger partial charge < -0.3 is 14.2 Å². The van der Waals surface area contributed by atoms with Gasteiger partial charge in [0, 0.05) is 19.3 Å². The van der Waals surface area contributed by atoms with Crippen molar-refractivity contribution in [1.29, 1.82) is 0 Å². The number of hydrogen-bond acceptors (Lipinski definition) is 6. The average Bonchev–Trinajstić information content (AvgIpc) is 3.28. The monoisotopic (exact) mass is 879 g/mol. The van der Waals surface area contributed by atoms with Crippen LogP contribution in [0.2, 0.25) is 0 Å². The molecule has 0 aromatic rings. The molecule has 0 aliphatic carbocycles. The van der Waals surface area contributed by atoms with Crippen LogP contribution in [0.25, 0.3) is 0 Å². The summed E-state index contributed by atoms with van der Waals surface area (Å²) < 4.78 is 16.8. The van der Waals surface area contributed by atoms with Crippen LogP contribution in [0.3, 0.4) is 0 Å². The lowest BCUT2D eigenvalue weighted by Gasteiger charge is -2.18. The van der Waals surface area contributed by atoms with Gasteiger partial charge in [0.1, 0.15) is 13.2 Å². The molecule has 1 atom stereocenters. The third-order valence-electron chi connectivity index (χ3n) is 11.2. The van der Waals surface area contributed by atoms with Crippen molar-refractivity contribution in [2.75, 3.05) is 13.2 Å². The van der Waals surface area contributed by atoms with Gasteiger partial charge in [0.2, 0.25) is 0 Å². The highest BCUT2D eigenvalue weighted by Crippen LogP contribution is 2.15. The fourth-order valence-electron chi connectivity index (χ4n) is 7.24. The lowest BCUT2D eigenvalue weighted by Crippen LogP contribution is -2.30. The summed E-state index contributed by atoms with van der Waals surface area (Å²) in [5.74, 6) is -0.959. The maximum atomic E-state index is 12.8. The van der Waals surface area contributed by atoms with Crippen LogP contribution in [0, 0.1) is 0 Å². The van der Waals surface area contributed by atoms with Gasteiger partial charge in [0.25, 0.3) is 0 Å². The fraction of sp³-hybridized carbons (Fsp3) is 0.737. The number of hydrogen-bond donors (Lipinski definition) is 0. The van der Waals surface area contributed by atoms with E-state index in [1.165, 1.54) is 122 Å². The summed E-state index contributed by atoms with van der Waals surface area (Å²) in [5, 5.41) is 0. The Morgan fingerprint density at radius 2 is 0.635 bits per heavy atom. The van der Waals surface area contributed by atoms with Gasteiger partial charge in [-0.05, 0) is 83.5 Å². The van der Waals surface area contributed by atoms with E-state index < -0.39 is 6.10 Å². The van der Waals surface area contributed by atoms with Crippen LogP contribution in [0.4, 0.5) is 0 Å². The molecule has 362 valence electrons. The third kappa shape index (κ3) is 49.7. The van der Waals surface area contributed by atoms with Crippen molar-refractivity contribution >= 4 is 17.9 Å². The summed E-state index contributed by atoms with van der Waals surface area (Å²) in [6.07, 6.45) is 64.6. The maximum absolute atomic E-state index is 12.8. The molecule has 0 saturated carbocycles. The predicted molar refractivity (Wildman–Crippen MR) is 270 cm³/mol. The molecule has 6 nitrogen and oxygen atoms in total. The zero-order valence-corrected chi connectivity index (χ0v) is 41.3. The Morgan fingerprint density at radius 1 is 0.333 bits per heavy atom. The van der Waals surface area contributed by atoms with E-state index in [1.54, 1.807) is 0 Å². The number of rotatable bonds is 47. The minimum Gasteiger partial charge on any atom is -0.462 e. The van der Waals surface area contributed by atoms with Crippen molar-refractivity contribution in [3.05, 3.63) is 72.9 Å². The molecular formula is C57H98O6. The predicted octanol–water partition coefficient (Wildman–Crippen LogP) is 17.4. The fourth-order valence-corrected chi connectivity index (χ4v) is 7.24. The molecule has 0 unspecified atom stereocenters. The van der Waals surface area contributed by atoms with E-state index in [-0.39, 0.29) is 37.5 Å².